The van der Waals surface area contributed by atoms with Crippen LogP contribution in [0.4, 0.5) is 0 Å². The molecule has 0 unspecified atom stereocenters. The molecule has 38 heavy (non-hydrogen) atoms. The van der Waals surface area contributed by atoms with Gasteiger partial charge in [0.05, 0.1) is 33.5 Å². The number of para-hydroxylation sites is 1. The zero-order valence-corrected chi connectivity index (χ0v) is 21.5. The lowest BCUT2D eigenvalue weighted by atomic mass is 9.85. The van der Waals surface area contributed by atoms with E-state index in [0.717, 1.165) is 27.2 Å². The molecule has 5 heterocycles. The predicted octanol–water partition coefficient (Wildman–Crippen LogP) is 1.94. The Labute approximate surface area is 221 Å². The van der Waals surface area contributed by atoms with Crippen molar-refractivity contribution in [3.8, 4) is 11.4 Å². The third kappa shape index (κ3) is 3.55. The van der Waals surface area contributed by atoms with Crippen molar-refractivity contribution in [2.75, 3.05) is 0 Å². The van der Waals surface area contributed by atoms with Crippen molar-refractivity contribution in [1.29, 1.82) is 0 Å². The van der Waals surface area contributed by atoms with Gasteiger partial charge < -0.3 is 14.0 Å². The number of benzene rings is 1. The fourth-order valence-electron chi connectivity index (χ4n) is 5.05. The molecule has 0 bridgehead atoms. The summed E-state index contributed by atoms with van der Waals surface area (Å²) in [6.07, 6.45) is 1.13. The lowest BCUT2D eigenvalue weighted by molar-refractivity contribution is -0.190. The Balaban J connectivity index is 1.45. The molecule has 11 nitrogen and oxygen atoms in total. The smallest absolute Gasteiger partial charge is 0.355 e. The molecule has 0 radical (unpaired) electrons. The first-order valence-electron chi connectivity index (χ1n) is 11.8. The molecule has 0 saturated heterocycles. The van der Waals surface area contributed by atoms with E-state index in [9.17, 15) is 24.0 Å². The first-order chi connectivity index (χ1) is 18.2. The van der Waals surface area contributed by atoms with Gasteiger partial charge in [0.2, 0.25) is 5.60 Å². The lowest BCUT2D eigenvalue weighted by Crippen LogP contribution is -2.48. The van der Waals surface area contributed by atoms with Gasteiger partial charge in [-0.2, -0.15) is 0 Å². The number of carbonyl (C=O) groups is 2. The number of hydrogen-bond acceptors (Lipinski definition) is 8. The minimum Gasteiger partial charge on any atom is -0.457 e. The van der Waals surface area contributed by atoms with Gasteiger partial charge in [0.1, 0.15) is 13.2 Å². The molecular weight excluding hydrogens is 560 g/mol. The van der Waals surface area contributed by atoms with Gasteiger partial charge in [0.15, 0.2) is 0 Å². The minimum atomic E-state index is -1.90. The van der Waals surface area contributed by atoms with Crippen molar-refractivity contribution >= 4 is 38.8 Å². The minimum absolute atomic E-state index is 0.0182. The number of aromatic nitrogens is 4. The topological polar surface area (TPSA) is 142 Å². The Morgan fingerprint density at radius 2 is 2.00 bits per heavy atom. The number of nitrogens with one attached hydrogen (secondary N) is 1. The molecular formula is C26H19BrN4O7. The average molecular weight is 579 g/mol. The van der Waals surface area contributed by atoms with E-state index < -0.39 is 35.3 Å². The highest BCUT2D eigenvalue weighted by atomic mass is 79.9. The second-order valence-corrected chi connectivity index (χ2v) is 9.95. The summed E-state index contributed by atoms with van der Waals surface area (Å²) in [4.78, 5) is 70.4. The van der Waals surface area contributed by atoms with Crippen molar-refractivity contribution in [3.05, 3.63) is 95.0 Å². The SMILES string of the molecule is CC[C@@]1(OC(=O)Cn2cc(Br)c(=O)[nH]c2=O)C(=O)OCc2c1cc1n(c2=O)Cc2cc3ccccc3nc2-1. The molecule has 0 aliphatic carbocycles. The number of nitrogens with zero attached hydrogens (tertiary/aromatic N) is 3. The fourth-order valence-corrected chi connectivity index (χ4v) is 5.39. The third-order valence-electron chi connectivity index (χ3n) is 6.94. The molecule has 0 saturated carbocycles. The fraction of sp³-hybridized carbons (Fsp3) is 0.231. The molecule has 0 amide bonds. The molecule has 3 aromatic heterocycles. The van der Waals surface area contributed by atoms with E-state index in [1.807, 2.05) is 30.3 Å². The predicted molar refractivity (Wildman–Crippen MR) is 137 cm³/mol. The summed E-state index contributed by atoms with van der Waals surface area (Å²) in [5, 5.41) is 0.941. The highest BCUT2D eigenvalue weighted by Crippen LogP contribution is 2.41. The third-order valence-corrected chi connectivity index (χ3v) is 7.50. The molecule has 1 aromatic carbocycles. The molecule has 4 aromatic rings. The summed E-state index contributed by atoms with van der Waals surface area (Å²) < 4.78 is 13.6. The van der Waals surface area contributed by atoms with Crippen LogP contribution in [0.2, 0.25) is 0 Å². The molecule has 2 aliphatic rings. The Morgan fingerprint density at radius 1 is 1.21 bits per heavy atom. The maximum Gasteiger partial charge on any atom is 0.355 e. The van der Waals surface area contributed by atoms with E-state index in [1.54, 1.807) is 17.6 Å². The van der Waals surface area contributed by atoms with E-state index in [1.165, 1.54) is 0 Å². The van der Waals surface area contributed by atoms with E-state index in [0.29, 0.717) is 17.9 Å². The normalized spacial score (nSPS) is 17.5. The number of pyridine rings is 2. The van der Waals surface area contributed by atoms with E-state index in [2.05, 4.69) is 20.9 Å². The van der Waals surface area contributed by atoms with E-state index in [4.69, 9.17) is 14.5 Å². The van der Waals surface area contributed by atoms with Gasteiger partial charge in [-0.1, -0.05) is 25.1 Å². The van der Waals surface area contributed by atoms with Crippen LogP contribution in [0.3, 0.4) is 0 Å². The van der Waals surface area contributed by atoms with Gasteiger partial charge >= 0.3 is 17.6 Å². The number of ether oxygens (including phenoxy) is 2. The number of rotatable bonds is 4. The number of fused-ring (bicyclic) bond motifs is 5. The molecule has 0 fully saturated rings. The first kappa shape index (κ1) is 24.0. The second-order valence-electron chi connectivity index (χ2n) is 9.10. The van der Waals surface area contributed by atoms with Gasteiger partial charge in [0, 0.05) is 22.7 Å². The number of esters is 2. The molecule has 1 N–H and O–H groups in total. The van der Waals surface area contributed by atoms with Crippen LogP contribution >= 0.6 is 15.9 Å². The highest BCUT2D eigenvalue weighted by molar-refractivity contribution is 9.10. The maximum atomic E-state index is 13.6. The largest absolute Gasteiger partial charge is 0.457 e. The monoisotopic (exact) mass is 578 g/mol. The molecule has 12 heteroatoms. The quantitative estimate of drug-likeness (QED) is 0.319. The van der Waals surface area contributed by atoms with E-state index in [-0.39, 0.29) is 34.2 Å². The zero-order valence-electron chi connectivity index (χ0n) is 19.9. The van der Waals surface area contributed by atoms with Gasteiger partial charge in [-0.25, -0.2) is 14.6 Å². The average Bonchev–Trinajstić information content (AvgIpc) is 3.25. The van der Waals surface area contributed by atoms with Crippen molar-refractivity contribution in [2.24, 2.45) is 0 Å². The summed E-state index contributed by atoms with van der Waals surface area (Å²) >= 11 is 3.02. The number of hydrogen-bond donors (Lipinski definition) is 1. The number of halogens is 1. The van der Waals surface area contributed by atoms with Crippen LogP contribution in [-0.2, 0) is 44.4 Å². The molecule has 6 rings (SSSR count). The van der Waals surface area contributed by atoms with E-state index >= 15 is 0 Å². The Kier molecular flexibility index (Phi) is 5.45. The van der Waals surface area contributed by atoms with Crippen LogP contribution in [0.5, 0.6) is 0 Å². The van der Waals surface area contributed by atoms with Crippen LogP contribution in [0, 0.1) is 0 Å². The van der Waals surface area contributed by atoms with Crippen molar-refractivity contribution in [3.63, 3.8) is 0 Å². The molecule has 2 aliphatic heterocycles. The van der Waals surface area contributed by atoms with Crippen LogP contribution in [0.25, 0.3) is 22.3 Å². The summed E-state index contributed by atoms with van der Waals surface area (Å²) in [5.74, 6) is -1.74. The first-order valence-corrected chi connectivity index (χ1v) is 12.6. The zero-order chi connectivity index (χ0) is 26.8. The van der Waals surface area contributed by atoms with Crippen molar-refractivity contribution in [2.45, 2.75) is 38.6 Å². The van der Waals surface area contributed by atoms with Crippen LogP contribution in [0.15, 0.2) is 61.5 Å². The summed E-state index contributed by atoms with van der Waals surface area (Å²) in [6.45, 7) is 1.10. The van der Waals surface area contributed by atoms with Crippen molar-refractivity contribution < 1.29 is 19.1 Å². The van der Waals surface area contributed by atoms with Crippen LogP contribution in [-0.4, -0.2) is 31.0 Å². The number of H-pyrrole nitrogens is 1. The van der Waals surface area contributed by atoms with Gasteiger partial charge in [0.25, 0.3) is 11.1 Å². The molecule has 0 spiro atoms. The summed E-state index contributed by atoms with van der Waals surface area (Å²) in [7, 11) is 0. The Hall–Kier alpha value is -4.32. The lowest BCUT2D eigenvalue weighted by Gasteiger charge is -2.35. The number of aromatic amines is 1. The van der Waals surface area contributed by atoms with Crippen molar-refractivity contribution in [1.82, 2.24) is 19.1 Å². The Bertz CT molecular complexity index is 1870. The standard InChI is InChI=1S/C26H19BrN4O7/c1-2-26(38-20(32)11-30-10-17(27)22(33)29-25(30)36)16-8-19-21-14(7-13-5-3-4-6-18(13)28-21)9-31(19)23(34)15(16)12-37-24(26)35/h3-8,10H,2,9,11-12H2,1H3,(H,29,33,36)/t26-/m0/s1. The maximum absolute atomic E-state index is 13.6. The summed E-state index contributed by atoms with van der Waals surface area (Å²) in [5.41, 5.74) is -0.537. The molecule has 192 valence electrons. The van der Waals surface area contributed by atoms with Crippen LogP contribution < -0.4 is 16.8 Å². The van der Waals surface area contributed by atoms with Crippen LogP contribution in [0.1, 0.15) is 30.0 Å². The molecule has 1 atom stereocenters. The summed E-state index contributed by atoms with van der Waals surface area (Å²) in [6, 6.07) is 11.3. The Morgan fingerprint density at radius 3 is 2.79 bits per heavy atom. The number of carbonyl (C=O) groups excluding carboxylic acids is 2. The van der Waals surface area contributed by atoms with Gasteiger partial charge in [-0.05, 0) is 40.5 Å². The number of cyclic esters (lactones) is 1. The second kappa shape index (κ2) is 8.62. The van der Waals surface area contributed by atoms with Gasteiger partial charge in [-0.3, -0.25) is 23.9 Å². The highest BCUT2D eigenvalue weighted by Gasteiger charge is 2.50. The van der Waals surface area contributed by atoms with Gasteiger partial charge in [-0.15, -0.1) is 0 Å².